The first-order valence-corrected chi connectivity index (χ1v) is 12.3. The molecule has 2 fully saturated rings. The van der Waals surface area contributed by atoms with Crippen molar-refractivity contribution in [2.45, 2.75) is 25.8 Å². The molecule has 0 N–H and O–H groups in total. The van der Waals surface area contributed by atoms with Crippen LogP contribution in [0.15, 0.2) is 60.8 Å². The van der Waals surface area contributed by atoms with Crippen LogP contribution in [-0.2, 0) is 6.54 Å². The molecule has 7 nitrogen and oxygen atoms in total. The number of likely N-dealkylation sites (tertiary alicyclic amines) is 1. The van der Waals surface area contributed by atoms with E-state index in [1.807, 2.05) is 52.2 Å². The van der Waals surface area contributed by atoms with Gasteiger partial charge in [-0.1, -0.05) is 18.2 Å². The van der Waals surface area contributed by atoms with Crippen LogP contribution in [0.25, 0.3) is 5.69 Å². The second kappa shape index (κ2) is 10.3. The summed E-state index contributed by atoms with van der Waals surface area (Å²) in [6, 6.07) is 18.2. The van der Waals surface area contributed by atoms with Gasteiger partial charge in [0.25, 0.3) is 5.91 Å². The van der Waals surface area contributed by atoms with E-state index in [4.69, 9.17) is 9.84 Å². The fourth-order valence-corrected chi connectivity index (χ4v) is 4.94. The summed E-state index contributed by atoms with van der Waals surface area (Å²) in [6.45, 7) is 6.33. The Kier molecular flexibility index (Phi) is 6.81. The normalized spacial score (nSPS) is 17.1. The molecule has 0 atom stereocenters. The van der Waals surface area contributed by atoms with E-state index >= 15 is 0 Å². The number of para-hydroxylation sites is 1. The van der Waals surface area contributed by atoms with Crippen molar-refractivity contribution in [1.82, 2.24) is 19.6 Å². The molecule has 1 aromatic heterocycles. The van der Waals surface area contributed by atoms with Crippen LogP contribution in [0.1, 0.15) is 35.3 Å². The number of ether oxygens (including phenoxy) is 1. The molecule has 3 heterocycles. The number of carbonyl (C=O) groups excluding carboxylic acids is 1. The predicted molar refractivity (Wildman–Crippen MR) is 134 cm³/mol. The average molecular weight is 460 g/mol. The molecule has 1 amide bonds. The lowest BCUT2D eigenvalue weighted by molar-refractivity contribution is 0.0793. The van der Waals surface area contributed by atoms with Gasteiger partial charge in [0.1, 0.15) is 5.75 Å². The molecule has 2 aliphatic heterocycles. The first-order valence-electron chi connectivity index (χ1n) is 12.3. The highest BCUT2D eigenvalue weighted by molar-refractivity contribution is 5.96. The molecule has 0 aliphatic carbocycles. The standard InChI is InChI=1S/C27H33N5O2/c1-34-26-11-10-22(27(33)31-14-5-6-15-31)20-25(26)30-16-7-13-29(18-19-30)21-23-12-17-32(28-23)24-8-3-2-4-9-24/h2-4,8-12,17,20H,5-7,13-16,18-19,21H2,1H3. The monoisotopic (exact) mass is 459 g/mol. The number of methoxy groups -OCH3 is 1. The van der Waals surface area contributed by atoms with Crippen molar-refractivity contribution in [3.05, 3.63) is 72.1 Å². The number of benzene rings is 2. The fourth-order valence-electron chi connectivity index (χ4n) is 4.94. The van der Waals surface area contributed by atoms with Crippen molar-refractivity contribution in [3.8, 4) is 11.4 Å². The smallest absolute Gasteiger partial charge is 0.253 e. The Morgan fingerprint density at radius 3 is 2.53 bits per heavy atom. The number of hydrogen-bond donors (Lipinski definition) is 0. The third-order valence-corrected chi connectivity index (χ3v) is 6.80. The second-order valence-corrected chi connectivity index (χ2v) is 9.09. The van der Waals surface area contributed by atoms with Gasteiger partial charge < -0.3 is 14.5 Å². The lowest BCUT2D eigenvalue weighted by Gasteiger charge is -2.26. The molecule has 2 aromatic carbocycles. The second-order valence-electron chi connectivity index (χ2n) is 9.09. The van der Waals surface area contributed by atoms with Crippen LogP contribution in [-0.4, -0.2) is 71.9 Å². The summed E-state index contributed by atoms with van der Waals surface area (Å²) in [5, 5.41) is 4.78. The van der Waals surface area contributed by atoms with Gasteiger partial charge in [0.2, 0.25) is 0 Å². The molecular weight excluding hydrogens is 426 g/mol. The summed E-state index contributed by atoms with van der Waals surface area (Å²) in [6.07, 6.45) is 5.27. The topological polar surface area (TPSA) is 53.8 Å². The highest BCUT2D eigenvalue weighted by atomic mass is 16.5. The molecule has 34 heavy (non-hydrogen) atoms. The molecule has 0 spiro atoms. The van der Waals surface area contributed by atoms with E-state index in [0.717, 1.165) is 93.5 Å². The van der Waals surface area contributed by atoms with E-state index in [-0.39, 0.29) is 5.91 Å². The van der Waals surface area contributed by atoms with E-state index in [0.29, 0.717) is 0 Å². The minimum absolute atomic E-state index is 0.131. The van der Waals surface area contributed by atoms with Gasteiger partial charge in [0.15, 0.2) is 0 Å². The minimum Gasteiger partial charge on any atom is -0.495 e. The van der Waals surface area contributed by atoms with Crippen LogP contribution in [0.3, 0.4) is 0 Å². The van der Waals surface area contributed by atoms with Crippen LogP contribution in [0.2, 0.25) is 0 Å². The number of rotatable bonds is 6. The third kappa shape index (κ3) is 4.94. The summed E-state index contributed by atoms with van der Waals surface area (Å²) < 4.78 is 7.61. The van der Waals surface area contributed by atoms with Crippen LogP contribution < -0.4 is 9.64 Å². The number of amides is 1. The van der Waals surface area contributed by atoms with E-state index in [1.54, 1.807) is 7.11 Å². The molecule has 178 valence electrons. The van der Waals surface area contributed by atoms with E-state index in [1.165, 1.54) is 0 Å². The fraction of sp³-hybridized carbons (Fsp3) is 0.407. The summed E-state index contributed by atoms with van der Waals surface area (Å²) in [4.78, 5) is 19.7. The van der Waals surface area contributed by atoms with E-state index in [9.17, 15) is 4.79 Å². The molecule has 0 saturated carbocycles. The molecule has 0 bridgehead atoms. The van der Waals surface area contributed by atoms with Gasteiger partial charge >= 0.3 is 0 Å². The van der Waals surface area contributed by atoms with Crippen molar-refractivity contribution in [1.29, 1.82) is 0 Å². The van der Waals surface area contributed by atoms with Gasteiger partial charge in [0.05, 0.1) is 24.2 Å². The van der Waals surface area contributed by atoms with Crippen molar-refractivity contribution < 1.29 is 9.53 Å². The maximum atomic E-state index is 13.0. The molecule has 7 heteroatoms. The van der Waals surface area contributed by atoms with Crippen LogP contribution in [0.4, 0.5) is 5.69 Å². The number of nitrogens with zero attached hydrogens (tertiary/aromatic N) is 5. The first kappa shape index (κ1) is 22.5. The first-order chi connectivity index (χ1) is 16.7. The van der Waals surface area contributed by atoms with Gasteiger partial charge in [-0.15, -0.1) is 0 Å². The molecule has 0 unspecified atom stereocenters. The van der Waals surface area contributed by atoms with E-state index < -0.39 is 0 Å². The minimum atomic E-state index is 0.131. The third-order valence-electron chi connectivity index (χ3n) is 6.80. The average Bonchev–Trinajstić information content (AvgIpc) is 3.53. The van der Waals surface area contributed by atoms with Gasteiger partial charge in [-0.3, -0.25) is 9.69 Å². The van der Waals surface area contributed by atoms with Gasteiger partial charge in [-0.05, 0) is 55.7 Å². The largest absolute Gasteiger partial charge is 0.495 e. The number of aromatic nitrogens is 2. The Balaban J connectivity index is 1.26. The van der Waals surface area contributed by atoms with Crippen molar-refractivity contribution >= 4 is 11.6 Å². The molecule has 3 aromatic rings. The van der Waals surface area contributed by atoms with Gasteiger partial charge in [-0.25, -0.2) is 4.68 Å². The SMILES string of the molecule is COc1ccc(C(=O)N2CCCC2)cc1N1CCCN(Cc2ccn(-c3ccccc3)n2)CC1. The highest BCUT2D eigenvalue weighted by Crippen LogP contribution is 2.31. The van der Waals surface area contributed by atoms with Crippen molar-refractivity contribution in [2.24, 2.45) is 0 Å². The predicted octanol–water partition coefficient (Wildman–Crippen LogP) is 3.83. The Hall–Kier alpha value is -3.32. The summed E-state index contributed by atoms with van der Waals surface area (Å²) in [7, 11) is 1.70. The Labute approximate surface area is 201 Å². The quantitative estimate of drug-likeness (QED) is 0.561. The highest BCUT2D eigenvalue weighted by Gasteiger charge is 2.23. The van der Waals surface area contributed by atoms with Crippen LogP contribution in [0.5, 0.6) is 5.75 Å². The lowest BCUT2D eigenvalue weighted by atomic mass is 10.1. The Morgan fingerprint density at radius 2 is 1.74 bits per heavy atom. The molecule has 0 radical (unpaired) electrons. The molecule has 2 aliphatic rings. The number of carbonyl (C=O) groups is 1. The van der Waals surface area contributed by atoms with Crippen molar-refractivity contribution in [3.63, 3.8) is 0 Å². The van der Waals surface area contributed by atoms with Gasteiger partial charge in [-0.2, -0.15) is 5.10 Å². The summed E-state index contributed by atoms with van der Waals surface area (Å²) in [5.41, 5.74) is 3.92. The zero-order chi connectivity index (χ0) is 23.3. The van der Waals surface area contributed by atoms with Crippen molar-refractivity contribution in [2.75, 3.05) is 51.3 Å². The summed E-state index contributed by atoms with van der Waals surface area (Å²) >= 11 is 0. The number of hydrogen-bond acceptors (Lipinski definition) is 5. The van der Waals surface area contributed by atoms with Crippen LogP contribution in [0, 0.1) is 0 Å². The maximum absolute atomic E-state index is 13.0. The molecule has 2 saturated heterocycles. The Bertz CT molecular complexity index is 1110. The van der Waals surface area contributed by atoms with Crippen LogP contribution >= 0.6 is 0 Å². The van der Waals surface area contributed by atoms with E-state index in [2.05, 4.69) is 28.0 Å². The zero-order valence-corrected chi connectivity index (χ0v) is 19.9. The number of anilines is 1. The maximum Gasteiger partial charge on any atom is 0.253 e. The molecular formula is C27H33N5O2. The Morgan fingerprint density at radius 1 is 0.912 bits per heavy atom. The molecule has 5 rings (SSSR count). The van der Waals surface area contributed by atoms with Gasteiger partial charge in [0, 0.05) is 57.6 Å². The summed E-state index contributed by atoms with van der Waals surface area (Å²) in [5.74, 6) is 0.958. The lowest BCUT2D eigenvalue weighted by Crippen LogP contribution is -2.31. The zero-order valence-electron chi connectivity index (χ0n) is 19.9.